The molecular weight excluding hydrogens is 205 g/mol. The maximum atomic E-state index is 13.0. The molecule has 0 bridgehead atoms. The summed E-state index contributed by atoms with van der Waals surface area (Å²) in [5.74, 6) is -0.401. The minimum absolute atomic E-state index is 0.0867. The van der Waals surface area contributed by atoms with Crippen molar-refractivity contribution in [3.8, 4) is 0 Å². The first-order chi connectivity index (χ1) is 6.65. The summed E-state index contributed by atoms with van der Waals surface area (Å²) >= 11 is 5.77. The summed E-state index contributed by atoms with van der Waals surface area (Å²) in [6.07, 6.45) is 0. The highest BCUT2D eigenvalue weighted by atomic mass is 35.5. The predicted octanol–water partition coefficient (Wildman–Crippen LogP) is 1.90. The fourth-order valence-corrected chi connectivity index (χ4v) is 1.40. The number of aliphatic hydroxyl groups is 1. The molecule has 0 unspecified atom stereocenters. The molecule has 1 N–H and O–H groups in total. The van der Waals surface area contributed by atoms with Crippen LogP contribution in [0.1, 0.15) is 5.56 Å². The van der Waals surface area contributed by atoms with Crippen molar-refractivity contribution in [2.75, 3.05) is 20.2 Å². The molecule has 0 aromatic heterocycles. The van der Waals surface area contributed by atoms with Crippen LogP contribution < -0.4 is 0 Å². The summed E-state index contributed by atoms with van der Waals surface area (Å²) < 4.78 is 13.0. The molecule has 1 rings (SSSR count). The summed E-state index contributed by atoms with van der Waals surface area (Å²) in [7, 11) is 1.84. The van der Waals surface area contributed by atoms with E-state index in [-0.39, 0.29) is 11.6 Å². The van der Waals surface area contributed by atoms with E-state index in [1.165, 1.54) is 6.07 Å². The van der Waals surface area contributed by atoms with Crippen molar-refractivity contribution in [2.24, 2.45) is 0 Å². The van der Waals surface area contributed by atoms with E-state index in [4.69, 9.17) is 16.7 Å². The maximum Gasteiger partial charge on any atom is 0.142 e. The van der Waals surface area contributed by atoms with Gasteiger partial charge in [0.25, 0.3) is 0 Å². The van der Waals surface area contributed by atoms with Gasteiger partial charge in [-0.1, -0.05) is 23.7 Å². The van der Waals surface area contributed by atoms with Crippen LogP contribution in [0.4, 0.5) is 4.39 Å². The first-order valence-corrected chi connectivity index (χ1v) is 4.75. The lowest BCUT2D eigenvalue weighted by molar-refractivity contribution is 0.217. The van der Waals surface area contributed by atoms with Crippen LogP contribution in [0.3, 0.4) is 0 Å². The fourth-order valence-electron chi connectivity index (χ4n) is 1.21. The molecule has 0 amide bonds. The number of hydrogen-bond donors (Lipinski definition) is 1. The van der Waals surface area contributed by atoms with E-state index in [1.807, 2.05) is 11.9 Å². The lowest BCUT2D eigenvalue weighted by Crippen LogP contribution is -2.21. The SMILES string of the molecule is CN(CCO)Cc1cccc(F)c1Cl. The minimum atomic E-state index is -0.401. The molecule has 4 heteroatoms. The number of benzene rings is 1. The van der Waals surface area contributed by atoms with Crippen LogP contribution in [0.2, 0.25) is 5.02 Å². The standard InChI is InChI=1S/C10H13ClFNO/c1-13(5-6-14)7-8-3-2-4-9(12)10(8)11/h2-4,14H,5-7H2,1H3. The first-order valence-electron chi connectivity index (χ1n) is 4.37. The van der Waals surface area contributed by atoms with Gasteiger partial charge in [0.2, 0.25) is 0 Å². The molecule has 0 radical (unpaired) electrons. The smallest absolute Gasteiger partial charge is 0.142 e. The quantitative estimate of drug-likeness (QED) is 0.833. The van der Waals surface area contributed by atoms with Gasteiger partial charge < -0.3 is 5.11 Å². The zero-order valence-corrected chi connectivity index (χ0v) is 8.76. The lowest BCUT2D eigenvalue weighted by atomic mass is 10.2. The molecule has 0 aliphatic heterocycles. The van der Waals surface area contributed by atoms with E-state index in [9.17, 15) is 4.39 Å². The van der Waals surface area contributed by atoms with Gasteiger partial charge >= 0.3 is 0 Å². The Kier molecular flexibility index (Phi) is 4.32. The predicted molar refractivity (Wildman–Crippen MR) is 54.8 cm³/mol. The van der Waals surface area contributed by atoms with Crippen molar-refractivity contribution in [3.63, 3.8) is 0 Å². The van der Waals surface area contributed by atoms with Crippen LogP contribution in [-0.2, 0) is 6.54 Å². The molecule has 2 nitrogen and oxygen atoms in total. The molecule has 0 atom stereocenters. The molecule has 0 saturated carbocycles. The summed E-state index contributed by atoms with van der Waals surface area (Å²) in [4.78, 5) is 1.88. The molecular formula is C10H13ClFNO. The normalized spacial score (nSPS) is 10.9. The number of aliphatic hydroxyl groups excluding tert-OH is 1. The van der Waals surface area contributed by atoms with Gasteiger partial charge in [-0.3, -0.25) is 4.90 Å². The maximum absolute atomic E-state index is 13.0. The van der Waals surface area contributed by atoms with Crippen LogP contribution in [0.15, 0.2) is 18.2 Å². The molecule has 0 heterocycles. The van der Waals surface area contributed by atoms with E-state index in [0.717, 1.165) is 5.56 Å². The zero-order chi connectivity index (χ0) is 10.6. The second-order valence-corrected chi connectivity index (χ2v) is 3.55. The summed E-state index contributed by atoms with van der Waals surface area (Å²) in [5, 5.41) is 8.85. The molecule has 1 aromatic carbocycles. The van der Waals surface area contributed by atoms with Crippen LogP contribution in [0.5, 0.6) is 0 Å². The summed E-state index contributed by atoms with van der Waals surface area (Å²) in [6, 6.07) is 4.74. The number of rotatable bonds is 4. The van der Waals surface area contributed by atoms with Crippen LogP contribution in [0.25, 0.3) is 0 Å². The Balaban J connectivity index is 2.71. The minimum Gasteiger partial charge on any atom is -0.395 e. The summed E-state index contributed by atoms with van der Waals surface area (Å²) in [5.41, 5.74) is 0.739. The number of likely N-dealkylation sites (N-methyl/N-ethyl adjacent to an activating group) is 1. The second-order valence-electron chi connectivity index (χ2n) is 3.17. The van der Waals surface area contributed by atoms with Crippen molar-refractivity contribution in [1.29, 1.82) is 0 Å². The van der Waals surface area contributed by atoms with Gasteiger partial charge in [0, 0.05) is 13.1 Å². The topological polar surface area (TPSA) is 23.5 Å². The Morgan fingerprint density at radius 2 is 2.21 bits per heavy atom. The van der Waals surface area contributed by atoms with E-state index in [1.54, 1.807) is 12.1 Å². The molecule has 0 aliphatic rings. The van der Waals surface area contributed by atoms with Crippen molar-refractivity contribution in [2.45, 2.75) is 6.54 Å². The van der Waals surface area contributed by atoms with Gasteiger partial charge in [0.1, 0.15) is 5.82 Å². The van der Waals surface area contributed by atoms with Crippen molar-refractivity contribution < 1.29 is 9.50 Å². The van der Waals surface area contributed by atoms with Crippen LogP contribution in [0, 0.1) is 5.82 Å². The summed E-state index contributed by atoms with van der Waals surface area (Å²) in [6.45, 7) is 1.17. The van der Waals surface area contributed by atoms with Gasteiger partial charge in [-0.05, 0) is 18.7 Å². The fraction of sp³-hybridized carbons (Fsp3) is 0.400. The molecule has 0 saturated heterocycles. The second kappa shape index (κ2) is 5.29. The van der Waals surface area contributed by atoms with Crippen molar-refractivity contribution in [1.82, 2.24) is 4.90 Å². The van der Waals surface area contributed by atoms with Crippen molar-refractivity contribution in [3.05, 3.63) is 34.6 Å². The Morgan fingerprint density at radius 3 is 2.86 bits per heavy atom. The number of nitrogens with zero attached hydrogens (tertiary/aromatic N) is 1. The highest BCUT2D eigenvalue weighted by Crippen LogP contribution is 2.20. The van der Waals surface area contributed by atoms with E-state index in [2.05, 4.69) is 0 Å². The third kappa shape index (κ3) is 2.94. The molecule has 0 spiro atoms. The lowest BCUT2D eigenvalue weighted by Gasteiger charge is -2.15. The molecule has 78 valence electrons. The van der Waals surface area contributed by atoms with Crippen LogP contribution in [-0.4, -0.2) is 30.2 Å². The highest BCUT2D eigenvalue weighted by molar-refractivity contribution is 6.31. The van der Waals surface area contributed by atoms with E-state index >= 15 is 0 Å². The Bertz CT molecular complexity index is 306. The third-order valence-electron chi connectivity index (χ3n) is 1.95. The first kappa shape index (κ1) is 11.4. The monoisotopic (exact) mass is 217 g/mol. The Morgan fingerprint density at radius 1 is 1.50 bits per heavy atom. The Hall–Kier alpha value is -0.640. The van der Waals surface area contributed by atoms with Gasteiger partial charge in [0.15, 0.2) is 0 Å². The third-order valence-corrected chi connectivity index (χ3v) is 2.38. The highest BCUT2D eigenvalue weighted by Gasteiger charge is 2.07. The zero-order valence-electron chi connectivity index (χ0n) is 8.00. The average molecular weight is 218 g/mol. The van der Waals surface area contributed by atoms with Gasteiger partial charge in [-0.2, -0.15) is 0 Å². The van der Waals surface area contributed by atoms with Crippen molar-refractivity contribution >= 4 is 11.6 Å². The molecule has 0 aliphatic carbocycles. The van der Waals surface area contributed by atoms with E-state index < -0.39 is 5.82 Å². The van der Waals surface area contributed by atoms with Gasteiger partial charge in [-0.15, -0.1) is 0 Å². The molecule has 1 aromatic rings. The molecule has 14 heavy (non-hydrogen) atoms. The van der Waals surface area contributed by atoms with Gasteiger partial charge in [0.05, 0.1) is 11.6 Å². The van der Waals surface area contributed by atoms with E-state index in [0.29, 0.717) is 13.1 Å². The Labute approximate surface area is 87.9 Å². The average Bonchev–Trinajstić information content (AvgIpc) is 2.13. The number of halogens is 2. The largest absolute Gasteiger partial charge is 0.395 e. The molecule has 0 fully saturated rings. The van der Waals surface area contributed by atoms with Gasteiger partial charge in [-0.25, -0.2) is 4.39 Å². The number of hydrogen-bond acceptors (Lipinski definition) is 2. The van der Waals surface area contributed by atoms with Crippen LogP contribution >= 0.6 is 11.6 Å².